The van der Waals surface area contributed by atoms with E-state index in [1.54, 1.807) is 31.2 Å². The number of hydrogen-bond acceptors (Lipinski definition) is 9. The number of aliphatic carboxylic acids is 1. The average Bonchev–Trinajstić information content (AvgIpc) is 2.99. The Labute approximate surface area is 238 Å². The van der Waals surface area contributed by atoms with E-state index in [4.69, 9.17) is 28.4 Å². The number of carbonyl (C=O) groups is 3. The number of aryl methyl sites for hydroxylation is 1. The maximum Gasteiger partial charge on any atom is 0.336 e. The van der Waals surface area contributed by atoms with E-state index in [0.717, 1.165) is 0 Å². The third kappa shape index (κ3) is 6.60. The molecule has 10 nitrogen and oxygen atoms in total. The van der Waals surface area contributed by atoms with Gasteiger partial charge in [0.15, 0.2) is 0 Å². The number of carboxylic acids is 1. The first-order chi connectivity index (χ1) is 19.6. The Hall–Kier alpha value is -4.99. The fourth-order valence-corrected chi connectivity index (χ4v) is 4.38. The van der Waals surface area contributed by atoms with Gasteiger partial charge in [-0.2, -0.15) is 0 Å². The molecule has 0 spiro atoms. The predicted octanol–water partition coefficient (Wildman–Crippen LogP) is 4.58. The second-order valence-electron chi connectivity index (χ2n) is 8.79. The zero-order valence-electron chi connectivity index (χ0n) is 23.9. The van der Waals surface area contributed by atoms with Gasteiger partial charge in [0.25, 0.3) is 0 Å². The maximum absolute atomic E-state index is 14.0. The lowest BCUT2D eigenvalue weighted by Gasteiger charge is -2.18. The number of ketones is 2. The number of Topliss-reactive ketones (excluding diaryl/α,β-unsaturated/α-hetero) is 2. The number of hydrogen-bond donors (Lipinski definition) is 1. The van der Waals surface area contributed by atoms with Gasteiger partial charge in [-0.1, -0.05) is 0 Å². The Morgan fingerprint density at radius 1 is 0.634 bits per heavy atom. The normalized spacial score (nSPS) is 11.2. The quantitative estimate of drug-likeness (QED) is 0.179. The van der Waals surface area contributed by atoms with Crippen LogP contribution in [0.15, 0.2) is 54.1 Å². The van der Waals surface area contributed by atoms with Crippen molar-refractivity contribution in [2.24, 2.45) is 0 Å². The molecule has 0 aliphatic rings. The van der Waals surface area contributed by atoms with Crippen molar-refractivity contribution >= 4 is 23.1 Å². The molecule has 0 bridgehead atoms. The lowest BCUT2D eigenvalue weighted by atomic mass is 9.88. The van der Waals surface area contributed by atoms with Crippen molar-refractivity contribution in [2.45, 2.75) is 13.3 Å². The van der Waals surface area contributed by atoms with Crippen LogP contribution in [-0.2, 0) is 16.0 Å². The monoisotopic (exact) mass is 564 g/mol. The highest BCUT2D eigenvalue weighted by molar-refractivity contribution is 6.51. The first-order valence-corrected chi connectivity index (χ1v) is 12.3. The third-order valence-electron chi connectivity index (χ3n) is 6.46. The summed E-state index contributed by atoms with van der Waals surface area (Å²) in [6.45, 7) is 1.73. The molecule has 3 aromatic carbocycles. The van der Waals surface area contributed by atoms with E-state index in [0.29, 0.717) is 34.1 Å². The molecule has 3 rings (SSSR count). The van der Waals surface area contributed by atoms with E-state index in [1.807, 2.05) is 0 Å². The van der Waals surface area contributed by atoms with E-state index >= 15 is 0 Å². The number of rotatable bonds is 13. The topological polar surface area (TPSA) is 127 Å². The van der Waals surface area contributed by atoms with Crippen LogP contribution in [-0.4, -0.2) is 65.3 Å². The van der Waals surface area contributed by atoms with Crippen LogP contribution < -0.4 is 28.4 Å². The molecular formula is C31H32O10. The van der Waals surface area contributed by atoms with E-state index in [-0.39, 0.29) is 34.6 Å². The van der Waals surface area contributed by atoms with Gasteiger partial charge in [-0.25, -0.2) is 4.79 Å². The first-order valence-electron chi connectivity index (χ1n) is 12.3. The summed E-state index contributed by atoms with van der Waals surface area (Å²) in [6.07, 6.45) is -0.322. The lowest BCUT2D eigenvalue weighted by molar-refractivity contribution is -0.130. The van der Waals surface area contributed by atoms with Crippen molar-refractivity contribution in [3.05, 3.63) is 76.4 Å². The van der Waals surface area contributed by atoms with Crippen molar-refractivity contribution < 1.29 is 47.9 Å². The minimum Gasteiger partial charge on any atom is -0.497 e. The zero-order valence-corrected chi connectivity index (χ0v) is 23.9. The molecule has 0 aliphatic carbocycles. The lowest BCUT2D eigenvalue weighted by Crippen LogP contribution is -2.22. The van der Waals surface area contributed by atoms with E-state index in [2.05, 4.69) is 0 Å². The Morgan fingerprint density at radius 2 is 1.15 bits per heavy atom. The van der Waals surface area contributed by atoms with Crippen LogP contribution in [0.3, 0.4) is 0 Å². The van der Waals surface area contributed by atoms with Gasteiger partial charge in [-0.15, -0.1) is 0 Å². The van der Waals surface area contributed by atoms with Crippen molar-refractivity contribution in [2.75, 3.05) is 42.7 Å². The molecule has 1 N–H and O–H groups in total. The Balaban J connectivity index is 2.35. The summed E-state index contributed by atoms with van der Waals surface area (Å²) in [5.74, 6) is -1.27. The van der Waals surface area contributed by atoms with Crippen molar-refractivity contribution in [1.29, 1.82) is 0 Å². The fraction of sp³-hybridized carbons (Fsp3) is 0.258. The molecule has 0 radical (unpaired) electrons. The van der Waals surface area contributed by atoms with E-state index < -0.39 is 23.1 Å². The Morgan fingerprint density at radius 3 is 1.59 bits per heavy atom. The Bertz CT molecular complexity index is 1460. The minimum atomic E-state index is -1.44. The number of carbonyl (C=O) groups excluding carboxylic acids is 2. The highest BCUT2D eigenvalue weighted by Gasteiger charge is 2.31. The summed E-state index contributed by atoms with van der Waals surface area (Å²) < 4.78 is 32.3. The predicted molar refractivity (Wildman–Crippen MR) is 151 cm³/mol. The van der Waals surface area contributed by atoms with E-state index in [9.17, 15) is 19.5 Å². The number of allylic oxidation sites excluding steroid dienone is 1. The summed E-state index contributed by atoms with van der Waals surface area (Å²) >= 11 is 0. The van der Waals surface area contributed by atoms with Gasteiger partial charge in [0.1, 0.15) is 34.5 Å². The Kier molecular flexibility index (Phi) is 9.97. The fourth-order valence-electron chi connectivity index (χ4n) is 4.38. The molecule has 0 heterocycles. The molecule has 0 amide bonds. The maximum atomic E-state index is 14.0. The molecule has 10 heteroatoms. The minimum absolute atomic E-state index is 0.0763. The average molecular weight is 565 g/mol. The second-order valence-corrected chi connectivity index (χ2v) is 8.79. The summed E-state index contributed by atoms with van der Waals surface area (Å²) in [7, 11) is 8.62. The van der Waals surface area contributed by atoms with Crippen LogP contribution in [0, 0.1) is 6.92 Å². The van der Waals surface area contributed by atoms with Gasteiger partial charge in [0, 0.05) is 41.3 Å². The van der Waals surface area contributed by atoms with Crippen LogP contribution in [0.25, 0.3) is 5.57 Å². The molecule has 216 valence electrons. The van der Waals surface area contributed by atoms with Gasteiger partial charge in [-0.3, -0.25) is 9.59 Å². The van der Waals surface area contributed by atoms with E-state index in [1.165, 1.54) is 66.9 Å². The second kappa shape index (κ2) is 13.4. The zero-order chi connectivity index (χ0) is 30.3. The molecule has 41 heavy (non-hydrogen) atoms. The SMILES string of the molecule is COc1cc(OC)cc(C(C(=O)O)=C(Cc2c(OC)cc(OC)cc2OC)C(=O)C(=O)c2ccc(OC)c(C)c2)c1. The van der Waals surface area contributed by atoms with Gasteiger partial charge in [0.05, 0.1) is 48.2 Å². The smallest absolute Gasteiger partial charge is 0.336 e. The molecule has 0 atom stereocenters. The van der Waals surface area contributed by atoms with Crippen LogP contribution >= 0.6 is 0 Å². The van der Waals surface area contributed by atoms with Gasteiger partial charge >= 0.3 is 5.97 Å². The number of carboxylic acid groups (broad SMARTS) is 1. The van der Waals surface area contributed by atoms with Crippen LogP contribution in [0.4, 0.5) is 0 Å². The summed E-state index contributed by atoms with van der Waals surface area (Å²) in [4.78, 5) is 40.4. The van der Waals surface area contributed by atoms with Crippen molar-refractivity contribution in [3.63, 3.8) is 0 Å². The number of ether oxygens (including phenoxy) is 6. The summed E-state index contributed by atoms with van der Waals surface area (Å²) in [5.41, 5.74) is 0.436. The third-order valence-corrected chi connectivity index (χ3v) is 6.46. The van der Waals surface area contributed by atoms with Gasteiger partial charge < -0.3 is 33.5 Å². The molecule has 3 aromatic rings. The van der Waals surface area contributed by atoms with Gasteiger partial charge in [0.2, 0.25) is 11.6 Å². The van der Waals surface area contributed by atoms with Crippen molar-refractivity contribution in [3.8, 4) is 34.5 Å². The summed E-state index contributed by atoms with van der Waals surface area (Å²) in [6, 6.07) is 12.1. The highest BCUT2D eigenvalue weighted by Crippen LogP contribution is 2.38. The molecule has 0 aliphatic heterocycles. The van der Waals surface area contributed by atoms with Crippen LogP contribution in [0.1, 0.15) is 27.0 Å². The largest absolute Gasteiger partial charge is 0.497 e. The molecule has 0 unspecified atom stereocenters. The van der Waals surface area contributed by atoms with Crippen molar-refractivity contribution in [1.82, 2.24) is 0 Å². The highest BCUT2D eigenvalue weighted by atomic mass is 16.5. The number of benzene rings is 3. The van der Waals surface area contributed by atoms with Crippen LogP contribution in [0.5, 0.6) is 34.5 Å². The summed E-state index contributed by atoms with van der Waals surface area (Å²) in [5, 5.41) is 10.4. The van der Waals surface area contributed by atoms with Gasteiger partial charge in [-0.05, 0) is 48.4 Å². The number of methoxy groups -OCH3 is 6. The standard InChI is InChI=1S/C31H32O10/c1-17-10-18(8-9-25(17)39-5)29(32)30(33)24(16-23-26(40-6)14-22(38-4)15-27(23)41-7)28(31(34)35)19-11-20(36-2)13-21(12-19)37-3/h8-15H,16H2,1-7H3,(H,34,35). The molecule has 0 saturated carbocycles. The van der Waals surface area contributed by atoms with Crippen LogP contribution in [0.2, 0.25) is 0 Å². The first kappa shape index (κ1) is 30.6. The molecule has 0 saturated heterocycles. The molecule has 0 aromatic heterocycles. The molecule has 0 fully saturated rings. The molecular weight excluding hydrogens is 532 g/mol.